The van der Waals surface area contributed by atoms with Crippen LogP contribution in [0.1, 0.15) is 12.5 Å². The molecule has 2 aromatic carbocycles. The van der Waals surface area contributed by atoms with Crippen molar-refractivity contribution in [2.24, 2.45) is 0 Å². The minimum atomic E-state index is -0.444. The molecule has 0 radical (unpaired) electrons. The van der Waals surface area contributed by atoms with E-state index in [1.165, 1.54) is 40.1 Å². The monoisotopic (exact) mass is 425 g/mol. The van der Waals surface area contributed by atoms with E-state index in [4.69, 9.17) is 16.3 Å². The van der Waals surface area contributed by atoms with Crippen molar-refractivity contribution in [2.75, 3.05) is 38.6 Å². The Kier molecular flexibility index (Phi) is 7.05. The van der Waals surface area contributed by atoms with Crippen molar-refractivity contribution in [1.29, 1.82) is 0 Å². The normalized spacial score (nSPS) is 20.2. The fourth-order valence-corrected chi connectivity index (χ4v) is 3.92. The third-order valence-corrected chi connectivity index (χ3v) is 5.79. The highest BCUT2D eigenvalue weighted by Crippen LogP contribution is 2.22. The number of piperazine rings is 1. The molecule has 0 bridgehead atoms. The molecule has 1 saturated heterocycles. The second-order valence-electron chi connectivity index (χ2n) is 7.38. The van der Waals surface area contributed by atoms with Gasteiger partial charge in [0.15, 0.2) is 6.04 Å². The number of benzene rings is 2. The van der Waals surface area contributed by atoms with Crippen LogP contribution in [-0.4, -0.2) is 45.2 Å². The third kappa shape index (κ3) is 5.44. The zero-order valence-corrected chi connectivity index (χ0v) is 17.3. The number of carbonyl (C=O) groups is 1. The van der Waals surface area contributed by atoms with E-state index in [2.05, 4.69) is 5.32 Å². The minimum absolute atomic E-state index is 0.149. The molecular weight excluding hydrogens is 400 g/mol. The van der Waals surface area contributed by atoms with E-state index in [1.807, 2.05) is 6.92 Å². The van der Waals surface area contributed by atoms with E-state index < -0.39 is 5.82 Å². The molecule has 1 heterocycles. The number of carbonyl (C=O) groups excluding carboxylic acids is 1. The molecule has 8 heteroatoms. The zero-order chi connectivity index (χ0) is 21.0. The van der Waals surface area contributed by atoms with Crippen LogP contribution in [0.4, 0.5) is 14.5 Å². The molecule has 3 N–H and O–H groups in total. The third-order valence-electron chi connectivity index (χ3n) is 5.48. The van der Waals surface area contributed by atoms with Crippen molar-refractivity contribution in [2.45, 2.75) is 19.5 Å². The second-order valence-corrected chi connectivity index (χ2v) is 7.78. The largest absolute Gasteiger partial charge is 0.496 e. The average molecular weight is 426 g/mol. The van der Waals surface area contributed by atoms with Crippen molar-refractivity contribution in [1.82, 2.24) is 0 Å². The highest BCUT2D eigenvalue weighted by Gasteiger charge is 2.31. The van der Waals surface area contributed by atoms with Crippen molar-refractivity contribution in [3.05, 3.63) is 58.6 Å². The van der Waals surface area contributed by atoms with Crippen LogP contribution in [0.25, 0.3) is 0 Å². The molecule has 1 aliphatic rings. The van der Waals surface area contributed by atoms with Crippen LogP contribution < -0.4 is 19.9 Å². The van der Waals surface area contributed by atoms with Gasteiger partial charge in [0.2, 0.25) is 0 Å². The molecular formula is C21H26ClF2N3O2+2. The molecule has 1 fully saturated rings. The molecule has 0 unspecified atom stereocenters. The lowest BCUT2D eigenvalue weighted by Crippen LogP contribution is -3.29. The van der Waals surface area contributed by atoms with Gasteiger partial charge in [0.1, 0.15) is 50.1 Å². The van der Waals surface area contributed by atoms with Crippen LogP contribution in [0.5, 0.6) is 5.75 Å². The maximum atomic E-state index is 13.6. The summed E-state index contributed by atoms with van der Waals surface area (Å²) in [6, 6.07) is 8.21. The van der Waals surface area contributed by atoms with Crippen molar-refractivity contribution >= 4 is 23.2 Å². The lowest BCUT2D eigenvalue weighted by molar-refractivity contribution is -1.02. The molecule has 0 aromatic heterocycles. The molecule has 156 valence electrons. The maximum Gasteiger partial charge on any atom is 0.282 e. The van der Waals surface area contributed by atoms with Gasteiger partial charge in [-0.3, -0.25) is 4.79 Å². The Bertz CT molecular complexity index is 873. The van der Waals surface area contributed by atoms with Crippen LogP contribution >= 0.6 is 11.6 Å². The number of hydrogen-bond acceptors (Lipinski definition) is 2. The van der Waals surface area contributed by atoms with Gasteiger partial charge in [-0.05, 0) is 43.3 Å². The molecule has 1 amide bonds. The van der Waals surface area contributed by atoms with Gasteiger partial charge in [-0.15, -0.1) is 0 Å². The van der Waals surface area contributed by atoms with Gasteiger partial charge in [0.25, 0.3) is 5.91 Å². The quantitative estimate of drug-likeness (QED) is 0.645. The van der Waals surface area contributed by atoms with Crippen LogP contribution in [0.2, 0.25) is 5.02 Å². The van der Waals surface area contributed by atoms with E-state index in [1.54, 1.807) is 13.2 Å². The summed E-state index contributed by atoms with van der Waals surface area (Å²) in [5.74, 6) is -0.170. The summed E-state index contributed by atoms with van der Waals surface area (Å²) in [6.07, 6.45) is 0. The molecule has 0 aliphatic carbocycles. The second kappa shape index (κ2) is 9.52. The van der Waals surface area contributed by atoms with Gasteiger partial charge in [0.05, 0.1) is 23.4 Å². The van der Waals surface area contributed by atoms with Gasteiger partial charge in [-0.25, -0.2) is 8.78 Å². The Morgan fingerprint density at radius 1 is 1.14 bits per heavy atom. The summed E-state index contributed by atoms with van der Waals surface area (Å²) in [6.45, 7) is 5.92. The number of amides is 1. The summed E-state index contributed by atoms with van der Waals surface area (Å²) in [5.41, 5.74) is 1.26. The number of hydrogen-bond donors (Lipinski definition) is 3. The summed E-state index contributed by atoms with van der Waals surface area (Å²) in [5, 5.41) is 2.96. The first-order chi connectivity index (χ1) is 13.9. The number of anilines is 1. The molecule has 1 aliphatic heterocycles. The summed E-state index contributed by atoms with van der Waals surface area (Å²) in [4.78, 5) is 15.1. The predicted molar refractivity (Wildman–Crippen MR) is 108 cm³/mol. The standard InChI is InChI=1S/C21H24ClF2N3O2/c1-14(21(28)25-19-5-3-17(24)12-18(19)22)27-9-7-26(8-10-27)13-15-11-16(23)4-6-20(15)29-2/h3-6,11-12,14H,7-10,13H2,1-2H3,(H,25,28)/p+2/t14-/m0/s1. The van der Waals surface area contributed by atoms with Crippen LogP contribution in [-0.2, 0) is 11.3 Å². The Balaban J connectivity index is 1.54. The van der Waals surface area contributed by atoms with E-state index in [-0.39, 0.29) is 22.8 Å². The molecule has 3 rings (SSSR count). The van der Waals surface area contributed by atoms with E-state index in [0.29, 0.717) is 18.0 Å². The average Bonchev–Trinajstić information content (AvgIpc) is 2.70. The van der Waals surface area contributed by atoms with Crippen molar-refractivity contribution in [3.8, 4) is 5.75 Å². The van der Waals surface area contributed by atoms with Gasteiger partial charge in [0, 0.05) is 0 Å². The molecule has 1 atom stereocenters. The minimum Gasteiger partial charge on any atom is -0.496 e. The number of halogens is 3. The predicted octanol–water partition coefficient (Wildman–Crippen LogP) is 0.937. The van der Waals surface area contributed by atoms with Gasteiger partial charge in [-0.2, -0.15) is 0 Å². The van der Waals surface area contributed by atoms with Gasteiger partial charge >= 0.3 is 0 Å². The highest BCUT2D eigenvalue weighted by atomic mass is 35.5. The Morgan fingerprint density at radius 2 is 1.79 bits per heavy atom. The summed E-state index contributed by atoms with van der Waals surface area (Å²) < 4.78 is 32.1. The molecule has 0 spiro atoms. The van der Waals surface area contributed by atoms with Crippen molar-refractivity contribution in [3.63, 3.8) is 0 Å². The number of nitrogens with one attached hydrogen (secondary N) is 3. The van der Waals surface area contributed by atoms with Crippen LogP contribution in [0, 0.1) is 11.6 Å². The van der Waals surface area contributed by atoms with Crippen LogP contribution in [0.15, 0.2) is 36.4 Å². The summed E-state index contributed by atoms with van der Waals surface area (Å²) in [7, 11) is 1.59. The van der Waals surface area contributed by atoms with Crippen molar-refractivity contribution < 1.29 is 28.1 Å². The fraction of sp³-hybridized carbons (Fsp3) is 0.381. The smallest absolute Gasteiger partial charge is 0.282 e. The first-order valence-corrected chi connectivity index (χ1v) is 10.0. The molecule has 0 saturated carbocycles. The number of quaternary nitrogens is 2. The SMILES string of the molecule is COc1ccc(F)cc1C[NH+]1CC[NH+]([C@@H](C)C(=O)Nc2ccc(F)cc2Cl)CC1. The first-order valence-electron chi connectivity index (χ1n) is 9.64. The Labute approximate surface area is 174 Å². The lowest BCUT2D eigenvalue weighted by atomic mass is 10.1. The summed E-state index contributed by atoms with van der Waals surface area (Å²) >= 11 is 5.99. The molecule has 5 nitrogen and oxygen atoms in total. The number of ether oxygens (including phenoxy) is 1. The van der Waals surface area contributed by atoms with E-state index in [9.17, 15) is 13.6 Å². The molecule has 29 heavy (non-hydrogen) atoms. The highest BCUT2D eigenvalue weighted by molar-refractivity contribution is 6.33. The lowest BCUT2D eigenvalue weighted by Gasteiger charge is -2.32. The van der Waals surface area contributed by atoms with Gasteiger partial charge < -0.3 is 19.9 Å². The Morgan fingerprint density at radius 3 is 2.45 bits per heavy atom. The number of rotatable bonds is 6. The van der Waals surface area contributed by atoms with E-state index in [0.717, 1.165) is 31.7 Å². The zero-order valence-electron chi connectivity index (χ0n) is 16.5. The van der Waals surface area contributed by atoms with E-state index >= 15 is 0 Å². The number of methoxy groups -OCH3 is 1. The first kappa shape index (κ1) is 21.5. The maximum absolute atomic E-state index is 13.6. The topological polar surface area (TPSA) is 47.2 Å². The molecule has 2 aromatic rings. The van der Waals surface area contributed by atoms with Crippen LogP contribution in [0.3, 0.4) is 0 Å². The Hall–Kier alpha value is -2.22. The fourth-order valence-electron chi connectivity index (χ4n) is 3.71. The van der Waals surface area contributed by atoms with Gasteiger partial charge in [-0.1, -0.05) is 11.6 Å².